The molecule has 7 heteroatoms. The summed E-state index contributed by atoms with van der Waals surface area (Å²) in [5.74, 6) is 0. The molecule has 0 amide bonds. The summed E-state index contributed by atoms with van der Waals surface area (Å²) in [6.45, 7) is 5.38. The minimum Gasteiger partial charge on any atom is -0.379 e. The van der Waals surface area contributed by atoms with Crippen molar-refractivity contribution >= 4 is 17.3 Å². The van der Waals surface area contributed by atoms with Crippen LogP contribution in [0.25, 0.3) is 5.69 Å². The van der Waals surface area contributed by atoms with Crippen LogP contribution in [0.5, 0.6) is 0 Å². The maximum atomic E-state index is 5.83. The molecule has 1 aromatic carbocycles. The van der Waals surface area contributed by atoms with Crippen LogP contribution in [0, 0.1) is 0 Å². The van der Waals surface area contributed by atoms with Crippen LogP contribution in [0.3, 0.4) is 0 Å². The molecule has 6 nitrogen and oxygen atoms in total. The number of rotatable bonds is 6. The zero-order valence-corrected chi connectivity index (χ0v) is 18.2. The summed E-state index contributed by atoms with van der Waals surface area (Å²) in [6.07, 6.45) is 3.98. The summed E-state index contributed by atoms with van der Waals surface area (Å²) in [4.78, 5) is 9.44. The number of ether oxygens (including phenoxy) is 1. The first-order valence-corrected chi connectivity index (χ1v) is 11.2. The van der Waals surface area contributed by atoms with Gasteiger partial charge in [-0.3, -0.25) is 9.88 Å². The number of benzene rings is 1. The van der Waals surface area contributed by atoms with Crippen molar-refractivity contribution in [3.8, 4) is 5.69 Å². The van der Waals surface area contributed by atoms with Gasteiger partial charge in [0.2, 0.25) is 0 Å². The number of pyridine rings is 1. The minimum absolute atomic E-state index is 0.00393. The molecule has 160 valence electrons. The number of nitrogens with one attached hydrogen (secondary N) is 1. The van der Waals surface area contributed by atoms with Gasteiger partial charge in [-0.25, -0.2) is 0 Å². The van der Waals surface area contributed by atoms with Crippen LogP contribution in [0.2, 0.25) is 0 Å². The maximum Gasteiger partial charge on any atom is 0.170 e. The molecule has 2 fully saturated rings. The summed E-state index contributed by atoms with van der Waals surface area (Å²) in [5.41, 5.74) is 3.36. The number of nitrogens with zero attached hydrogens (tertiary/aromatic N) is 4. The van der Waals surface area contributed by atoms with E-state index in [1.54, 1.807) is 0 Å². The molecule has 0 aliphatic carbocycles. The van der Waals surface area contributed by atoms with E-state index in [-0.39, 0.29) is 12.1 Å². The van der Waals surface area contributed by atoms with Gasteiger partial charge >= 0.3 is 0 Å². The summed E-state index contributed by atoms with van der Waals surface area (Å²) in [7, 11) is 0. The van der Waals surface area contributed by atoms with Crippen molar-refractivity contribution in [2.24, 2.45) is 0 Å². The normalized spacial score (nSPS) is 21.9. The molecule has 0 unspecified atom stereocenters. The lowest BCUT2D eigenvalue weighted by Crippen LogP contribution is -2.42. The second-order valence-electron chi connectivity index (χ2n) is 7.91. The SMILES string of the molecule is S=C1N[C@@H](c2ccccn2)[C@@H](c2cccn2-c2ccccc2)N1CCN1CCOCC1. The van der Waals surface area contributed by atoms with Crippen molar-refractivity contribution in [1.29, 1.82) is 0 Å². The highest BCUT2D eigenvalue weighted by Crippen LogP contribution is 2.39. The number of para-hydroxylation sites is 1. The molecular formula is C24H27N5OS. The summed E-state index contributed by atoms with van der Waals surface area (Å²) >= 11 is 5.83. The third-order valence-corrected chi connectivity index (χ3v) is 6.43. The summed E-state index contributed by atoms with van der Waals surface area (Å²) < 4.78 is 7.77. The number of aromatic nitrogens is 2. The topological polar surface area (TPSA) is 45.6 Å². The van der Waals surface area contributed by atoms with Gasteiger partial charge in [0.1, 0.15) is 0 Å². The Balaban J connectivity index is 1.49. The molecule has 2 saturated heterocycles. The van der Waals surface area contributed by atoms with Crippen LogP contribution >= 0.6 is 12.2 Å². The fraction of sp³-hybridized carbons (Fsp3) is 0.333. The molecular weight excluding hydrogens is 406 g/mol. The van der Waals surface area contributed by atoms with E-state index >= 15 is 0 Å². The molecule has 3 aromatic rings. The van der Waals surface area contributed by atoms with Gasteiger partial charge in [0.15, 0.2) is 5.11 Å². The maximum absolute atomic E-state index is 5.83. The smallest absolute Gasteiger partial charge is 0.170 e. The zero-order valence-electron chi connectivity index (χ0n) is 17.4. The lowest BCUT2D eigenvalue weighted by molar-refractivity contribution is 0.0349. The van der Waals surface area contributed by atoms with E-state index in [4.69, 9.17) is 17.0 Å². The Bertz CT molecular complexity index is 1000. The van der Waals surface area contributed by atoms with E-state index in [1.165, 1.54) is 5.69 Å². The van der Waals surface area contributed by atoms with E-state index in [2.05, 4.69) is 73.3 Å². The first kappa shape index (κ1) is 20.2. The zero-order chi connectivity index (χ0) is 21.0. The predicted octanol–water partition coefficient (Wildman–Crippen LogP) is 3.18. The van der Waals surface area contributed by atoms with E-state index < -0.39 is 0 Å². The summed E-state index contributed by atoms with van der Waals surface area (Å²) in [6, 6.07) is 20.9. The van der Waals surface area contributed by atoms with Crippen LogP contribution in [-0.4, -0.2) is 63.9 Å². The largest absolute Gasteiger partial charge is 0.379 e. The second kappa shape index (κ2) is 9.18. The number of thiocarbonyl (C=S) groups is 1. The van der Waals surface area contributed by atoms with Gasteiger partial charge in [-0.2, -0.15) is 0 Å². The predicted molar refractivity (Wildman–Crippen MR) is 125 cm³/mol. The van der Waals surface area contributed by atoms with Crippen molar-refractivity contribution in [3.05, 3.63) is 84.4 Å². The van der Waals surface area contributed by atoms with Crippen LogP contribution in [-0.2, 0) is 4.74 Å². The number of hydrogen-bond donors (Lipinski definition) is 1. The third kappa shape index (κ3) is 4.21. The molecule has 0 bridgehead atoms. The molecule has 2 aromatic heterocycles. The minimum atomic E-state index is -0.00393. The highest BCUT2D eigenvalue weighted by Gasteiger charge is 2.41. The highest BCUT2D eigenvalue weighted by molar-refractivity contribution is 7.80. The number of morpholine rings is 1. The van der Waals surface area contributed by atoms with Crippen molar-refractivity contribution in [3.63, 3.8) is 0 Å². The fourth-order valence-electron chi connectivity index (χ4n) is 4.50. The Labute approximate surface area is 188 Å². The standard InChI is InChI=1S/C24H27N5OS/c31-24-26-22(20-9-4-5-11-25-20)23(29(24)14-13-27-15-17-30-18-16-27)21-10-6-12-28(21)19-7-2-1-3-8-19/h1-12,22-23H,13-18H2,(H,26,31)/t22-,23+/m0/s1. The fourth-order valence-corrected chi connectivity index (χ4v) is 4.83. The van der Waals surface area contributed by atoms with Crippen molar-refractivity contribution in [2.75, 3.05) is 39.4 Å². The van der Waals surface area contributed by atoms with Crippen LogP contribution in [0.1, 0.15) is 23.5 Å². The van der Waals surface area contributed by atoms with E-state index in [0.717, 1.165) is 55.9 Å². The highest BCUT2D eigenvalue weighted by atomic mass is 32.1. The van der Waals surface area contributed by atoms with E-state index in [9.17, 15) is 0 Å². The van der Waals surface area contributed by atoms with Gasteiger partial charge in [-0.05, 0) is 48.6 Å². The first-order valence-electron chi connectivity index (χ1n) is 10.8. The van der Waals surface area contributed by atoms with Gasteiger partial charge in [-0.15, -0.1) is 0 Å². The summed E-state index contributed by atoms with van der Waals surface area (Å²) in [5, 5.41) is 4.35. The van der Waals surface area contributed by atoms with Crippen LogP contribution in [0.15, 0.2) is 73.1 Å². The monoisotopic (exact) mass is 433 g/mol. The molecule has 31 heavy (non-hydrogen) atoms. The third-order valence-electron chi connectivity index (χ3n) is 6.08. The van der Waals surface area contributed by atoms with E-state index in [1.807, 2.05) is 24.4 Å². The Morgan fingerprint density at radius 3 is 2.55 bits per heavy atom. The van der Waals surface area contributed by atoms with Gasteiger partial charge in [0.25, 0.3) is 0 Å². The molecule has 2 aliphatic rings. The van der Waals surface area contributed by atoms with Gasteiger partial charge in [0.05, 0.1) is 31.0 Å². The van der Waals surface area contributed by atoms with Crippen molar-refractivity contribution < 1.29 is 4.74 Å². The molecule has 2 atom stereocenters. The lowest BCUT2D eigenvalue weighted by Gasteiger charge is -2.32. The molecule has 1 N–H and O–H groups in total. The van der Waals surface area contributed by atoms with Crippen LogP contribution < -0.4 is 5.32 Å². The average Bonchev–Trinajstić information content (AvgIpc) is 3.44. The lowest BCUT2D eigenvalue weighted by atomic mass is 10.0. The van der Waals surface area contributed by atoms with Crippen molar-refractivity contribution in [2.45, 2.75) is 12.1 Å². The quantitative estimate of drug-likeness (QED) is 0.603. The average molecular weight is 434 g/mol. The molecule has 0 saturated carbocycles. The Hall–Kier alpha value is -2.74. The van der Waals surface area contributed by atoms with Crippen LogP contribution in [0.4, 0.5) is 0 Å². The van der Waals surface area contributed by atoms with Gasteiger partial charge in [-0.1, -0.05) is 24.3 Å². The molecule has 0 radical (unpaired) electrons. The Morgan fingerprint density at radius 1 is 0.968 bits per heavy atom. The number of hydrogen-bond acceptors (Lipinski definition) is 4. The Morgan fingerprint density at radius 2 is 1.77 bits per heavy atom. The molecule has 5 rings (SSSR count). The molecule has 0 spiro atoms. The molecule has 4 heterocycles. The molecule has 2 aliphatic heterocycles. The first-order chi connectivity index (χ1) is 15.3. The second-order valence-corrected chi connectivity index (χ2v) is 8.30. The van der Waals surface area contributed by atoms with Crippen molar-refractivity contribution in [1.82, 2.24) is 24.7 Å². The van der Waals surface area contributed by atoms with Gasteiger partial charge in [0, 0.05) is 50.0 Å². The Kier molecular flexibility index (Phi) is 5.97. The van der Waals surface area contributed by atoms with E-state index in [0.29, 0.717) is 0 Å². The van der Waals surface area contributed by atoms with Gasteiger partial charge < -0.3 is 19.5 Å².